The zero-order valence-corrected chi connectivity index (χ0v) is 14.8. The van der Waals surface area contributed by atoms with Gasteiger partial charge in [0.25, 0.3) is 0 Å². The van der Waals surface area contributed by atoms with Crippen LogP contribution in [-0.2, 0) is 19.7 Å². The Bertz CT molecular complexity index is 803. The van der Waals surface area contributed by atoms with Gasteiger partial charge in [-0.25, -0.2) is 4.68 Å². The lowest BCUT2D eigenvalue weighted by Gasteiger charge is -2.09. The van der Waals surface area contributed by atoms with Crippen molar-refractivity contribution in [1.82, 2.24) is 20.2 Å². The van der Waals surface area contributed by atoms with Crippen molar-refractivity contribution in [2.45, 2.75) is 33.0 Å². The number of ether oxygens (including phenoxy) is 1. The van der Waals surface area contributed by atoms with Gasteiger partial charge in [0.1, 0.15) is 12.4 Å². The first-order valence-electron chi connectivity index (χ1n) is 8.21. The molecule has 0 aliphatic heterocycles. The number of anilines is 1. The first kappa shape index (κ1) is 17.2. The van der Waals surface area contributed by atoms with Crippen LogP contribution in [0.2, 0.25) is 5.02 Å². The van der Waals surface area contributed by atoms with Crippen LogP contribution in [0.25, 0.3) is 0 Å². The Labute approximate surface area is 151 Å². The molecule has 7 heteroatoms. The lowest BCUT2D eigenvalue weighted by molar-refractivity contribution is 0.306. The van der Waals surface area contributed by atoms with Gasteiger partial charge in [0.15, 0.2) is 0 Å². The normalized spacial score (nSPS) is 10.6. The molecular formula is C18H20ClN5O. The van der Waals surface area contributed by atoms with Crippen molar-refractivity contribution in [2.24, 2.45) is 0 Å². The van der Waals surface area contributed by atoms with Gasteiger partial charge in [-0.05, 0) is 40.6 Å². The summed E-state index contributed by atoms with van der Waals surface area (Å²) in [6, 6.07) is 15.6. The Morgan fingerprint density at radius 2 is 1.92 bits per heavy atom. The molecule has 130 valence electrons. The second kappa shape index (κ2) is 8.48. The van der Waals surface area contributed by atoms with Gasteiger partial charge in [0.2, 0.25) is 5.95 Å². The molecule has 0 spiro atoms. The van der Waals surface area contributed by atoms with Gasteiger partial charge < -0.3 is 10.1 Å². The van der Waals surface area contributed by atoms with E-state index >= 15 is 0 Å². The van der Waals surface area contributed by atoms with Crippen LogP contribution in [0.1, 0.15) is 24.5 Å². The third-order valence-corrected chi connectivity index (χ3v) is 4.06. The monoisotopic (exact) mass is 357 g/mol. The number of nitrogens with one attached hydrogen (secondary N) is 1. The minimum atomic E-state index is 0.447. The summed E-state index contributed by atoms with van der Waals surface area (Å²) in [5, 5.41) is 15.6. The molecule has 0 radical (unpaired) electrons. The average Bonchev–Trinajstić information content (AvgIpc) is 3.08. The van der Waals surface area contributed by atoms with Crippen molar-refractivity contribution in [3.05, 3.63) is 64.7 Å². The number of aromatic nitrogens is 4. The summed E-state index contributed by atoms with van der Waals surface area (Å²) in [7, 11) is 0. The lowest BCUT2D eigenvalue weighted by atomic mass is 10.2. The number of aryl methyl sites for hydroxylation is 1. The van der Waals surface area contributed by atoms with E-state index in [1.54, 1.807) is 4.68 Å². The fourth-order valence-corrected chi connectivity index (χ4v) is 2.55. The molecule has 0 aliphatic rings. The number of rotatable bonds is 8. The molecule has 3 aromatic rings. The molecule has 25 heavy (non-hydrogen) atoms. The van der Waals surface area contributed by atoms with E-state index in [2.05, 4.69) is 27.8 Å². The van der Waals surface area contributed by atoms with Crippen molar-refractivity contribution < 1.29 is 4.74 Å². The van der Waals surface area contributed by atoms with E-state index in [9.17, 15) is 0 Å². The molecule has 6 nitrogen and oxygen atoms in total. The van der Waals surface area contributed by atoms with E-state index in [0.29, 0.717) is 24.1 Å². The highest BCUT2D eigenvalue weighted by Crippen LogP contribution is 2.19. The van der Waals surface area contributed by atoms with Crippen LogP contribution < -0.4 is 10.1 Å². The largest absolute Gasteiger partial charge is 0.489 e. The highest BCUT2D eigenvalue weighted by atomic mass is 35.5. The fourth-order valence-electron chi connectivity index (χ4n) is 2.35. The molecule has 0 unspecified atom stereocenters. The van der Waals surface area contributed by atoms with Crippen LogP contribution >= 0.6 is 11.6 Å². The van der Waals surface area contributed by atoms with E-state index < -0.39 is 0 Å². The minimum Gasteiger partial charge on any atom is -0.489 e. The van der Waals surface area contributed by atoms with Crippen molar-refractivity contribution >= 4 is 17.5 Å². The molecule has 0 aliphatic carbocycles. The van der Waals surface area contributed by atoms with Crippen molar-refractivity contribution in [3.8, 4) is 5.75 Å². The lowest BCUT2D eigenvalue weighted by Crippen LogP contribution is -2.08. The topological polar surface area (TPSA) is 64.9 Å². The molecule has 0 amide bonds. The van der Waals surface area contributed by atoms with Crippen molar-refractivity contribution in [2.75, 3.05) is 5.32 Å². The molecule has 0 bridgehead atoms. The van der Waals surface area contributed by atoms with Crippen molar-refractivity contribution in [1.29, 1.82) is 0 Å². The Hall–Kier alpha value is -2.60. The molecule has 2 aromatic carbocycles. The standard InChI is InChI=1S/C18H20ClN5O/c1-2-11-24-18(21-22-23-24)20-12-14-7-9-16(10-8-14)25-13-15-5-3-4-6-17(15)19/h3-10H,2,11-13H2,1H3,(H,20,21,23). The van der Waals surface area contributed by atoms with Gasteiger partial charge in [-0.2, -0.15) is 0 Å². The maximum atomic E-state index is 6.13. The molecule has 1 N–H and O–H groups in total. The molecule has 1 aromatic heterocycles. The molecule has 3 rings (SSSR count). The van der Waals surface area contributed by atoms with Crippen LogP contribution in [0.15, 0.2) is 48.5 Å². The third kappa shape index (κ3) is 4.70. The summed E-state index contributed by atoms with van der Waals surface area (Å²) in [6.45, 7) is 3.98. The van der Waals surface area contributed by atoms with Gasteiger partial charge in [-0.3, -0.25) is 0 Å². The van der Waals surface area contributed by atoms with Crippen LogP contribution in [0.3, 0.4) is 0 Å². The Kier molecular flexibility index (Phi) is 5.85. The smallest absolute Gasteiger partial charge is 0.243 e. The molecule has 0 saturated heterocycles. The van der Waals surface area contributed by atoms with E-state index in [0.717, 1.165) is 29.8 Å². The summed E-state index contributed by atoms with van der Waals surface area (Å²) in [6.07, 6.45) is 0.983. The molecular weight excluding hydrogens is 338 g/mol. The second-order valence-electron chi connectivity index (χ2n) is 5.60. The Balaban J connectivity index is 1.53. The Morgan fingerprint density at radius 3 is 2.68 bits per heavy atom. The van der Waals surface area contributed by atoms with Crippen LogP contribution in [0.4, 0.5) is 5.95 Å². The number of hydrogen-bond acceptors (Lipinski definition) is 5. The highest BCUT2D eigenvalue weighted by Gasteiger charge is 2.05. The Morgan fingerprint density at radius 1 is 1.12 bits per heavy atom. The van der Waals surface area contributed by atoms with Crippen LogP contribution in [0.5, 0.6) is 5.75 Å². The third-order valence-electron chi connectivity index (χ3n) is 3.69. The summed E-state index contributed by atoms with van der Waals surface area (Å²) < 4.78 is 7.55. The summed E-state index contributed by atoms with van der Waals surface area (Å²) in [5.41, 5.74) is 2.09. The van der Waals surface area contributed by atoms with Gasteiger partial charge in [-0.1, -0.05) is 54.0 Å². The van der Waals surface area contributed by atoms with Gasteiger partial charge >= 0.3 is 0 Å². The number of tetrazole rings is 1. The maximum Gasteiger partial charge on any atom is 0.243 e. The molecule has 0 saturated carbocycles. The number of benzene rings is 2. The van der Waals surface area contributed by atoms with Gasteiger partial charge in [-0.15, -0.1) is 0 Å². The number of hydrogen-bond donors (Lipinski definition) is 1. The quantitative estimate of drug-likeness (QED) is 0.661. The first-order chi connectivity index (χ1) is 12.3. The van der Waals surface area contributed by atoms with Gasteiger partial charge in [0, 0.05) is 23.7 Å². The predicted molar refractivity (Wildman–Crippen MR) is 97.7 cm³/mol. The molecule has 0 fully saturated rings. The molecule has 1 heterocycles. The second-order valence-corrected chi connectivity index (χ2v) is 6.01. The van der Waals surface area contributed by atoms with E-state index in [-0.39, 0.29) is 0 Å². The van der Waals surface area contributed by atoms with E-state index in [1.807, 2.05) is 48.5 Å². The number of halogens is 1. The zero-order valence-electron chi connectivity index (χ0n) is 14.0. The minimum absolute atomic E-state index is 0.447. The van der Waals surface area contributed by atoms with E-state index in [4.69, 9.17) is 16.3 Å². The number of nitrogens with zero attached hydrogens (tertiary/aromatic N) is 4. The van der Waals surface area contributed by atoms with Crippen LogP contribution in [0, 0.1) is 0 Å². The summed E-state index contributed by atoms with van der Waals surface area (Å²) in [5.74, 6) is 1.49. The van der Waals surface area contributed by atoms with Crippen LogP contribution in [-0.4, -0.2) is 20.2 Å². The average molecular weight is 358 g/mol. The summed E-state index contributed by atoms with van der Waals surface area (Å²) >= 11 is 6.13. The van der Waals surface area contributed by atoms with Crippen molar-refractivity contribution in [3.63, 3.8) is 0 Å². The fraction of sp³-hybridized carbons (Fsp3) is 0.278. The van der Waals surface area contributed by atoms with Gasteiger partial charge in [0.05, 0.1) is 0 Å². The first-order valence-corrected chi connectivity index (χ1v) is 8.59. The van der Waals surface area contributed by atoms with E-state index in [1.165, 1.54) is 0 Å². The predicted octanol–water partition coefficient (Wildman–Crippen LogP) is 3.93. The SMILES string of the molecule is CCCn1nnnc1NCc1ccc(OCc2ccccc2Cl)cc1. The summed E-state index contributed by atoms with van der Waals surface area (Å²) in [4.78, 5) is 0. The highest BCUT2D eigenvalue weighted by molar-refractivity contribution is 6.31. The zero-order chi connectivity index (χ0) is 17.5. The molecule has 0 atom stereocenters. The maximum absolute atomic E-state index is 6.13.